The first kappa shape index (κ1) is 14.6. The molecule has 0 heterocycles. The van der Waals surface area contributed by atoms with Crippen molar-refractivity contribution in [2.24, 2.45) is 10.9 Å². The first-order valence-corrected chi connectivity index (χ1v) is 6.17. The summed E-state index contributed by atoms with van der Waals surface area (Å²) in [5, 5.41) is 11.6. The van der Waals surface area contributed by atoms with Crippen LogP contribution in [0.3, 0.4) is 0 Å². The topological polar surface area (TPSA) is 77.1 Å². The number of nitrogens with two attached hydrogens (primary N) is 1. The van der Waals surface area contributed by atoms with Crippen LogP contribution in [0.25, 0.3) is 0 Å². The van der Waals surface area contributed by atoms with E-state index >= 15 is 0 Å². The van der Waals surface area contributed by atoms with Gasteiger partial charge in [-0.25, -0.2) is 4.39 Å². The van der Waals surface area contributed by atoms with Crippen LogP contribution in [-0.2, 0) is 6.61 Å². The third kappa shape index (κ3) is 3.62. The van der Waals surface area contributed by atoms with Crippen LogP contribution < -0.4 is 15.2 Å². The molecule has 0 atom stereocenters. The second-order valence-electron chi connectivity index (χ2n) is 4.27. The maximum absolute atomic E-state index is 12.8. The van der Waals surface area contributed by atoms with Crippen molar-refractivity contribution in [1.82, 2.24) is 0 Å². The summed E-state index contributed by atoms with van der Waals surface area (Å²) < 4.78 is 23.7. The molecule has 0 saturated carbocycles. The zero-order valence-corrected chi connectivity index (χ0v) is 11.4. The van der Waals surface area contributed by atoms with Gasteiger partial charge in [0.2, 0.25) is 0 Å². The average Bonchev–Trinajstić information content (AvgIpc) is 2.53. The maximum Gasteiger partial charge on any atom is 0.170 e. The molecule has 0 aliphatic heterocycles. The van der Waals surface area contributed by atoms with Crippen molar-refractivity contribution in [3.8, 4) is 11.5 Å². The Morgan fingerprint density at radius 3 is 2.52 bits per heavy atom. The van der Waals surface area contributed by atoms with Crippen LogP contribution in [0.4, 0.5) is 4.39 Å². The molecule has 21 heavy (non-hydrogen) atoms. The van der Waals surface area contributed by atoms with Crippen molar-refractivity contribution < 1.29 is 19.1 Å². The Balaban J connectivity index is 2.14. The predicted molar refractivity (Wildman–Crippen MR) is 76.2 cm³/mol. The molecule has 0 saturated heterocycles. The van der Waals surface area contributed by atoms with Gasteiger partial charge in [-0.1, -0.05) is 17.3 Å². The standard InChI is InChI=1S/C15H15FN2O3/c1-20-14-8-11(15(17)18-19)4-7-13(14)21-9-10-2-5-12(16)6-3-10/h2-8,19H,9H2,1H3,(H2,17,18). The Hall–Kier alpha value is -2.76. The van der Waals surface area contributed by atoms with E-state index in [1.54, 1.807) is 30.3 Å². The third-order valence-corrected chi connectivity index (χ3v) is 2.87. The largest absolute Gasteiger partial charge is 0.493 e. The molecule has 3 N–H and O–H groups in total. The van der Waals surface area contributed by atoms with Gasteiger partial charge in [0.05, 0.1) is 7.11 Å². The summed E-state index contributed by atoms with van der Waals surface area (Å²) in [5.74, 6) is 0.662. The highest BCUT2D eigenvalue weighted by Crippen LogP contribution is 2.28. The molecule has 6 heteroatoms. The van der Waals surface area contributed by atoms with Gasteiger partial charge in [-0.15, -0.1) is 0 Å². The number of rotatable bonds is 5. The van der Waals surface area contributed by atoms with Gasteiger partial charge in [0.1, 0.15) is 12.4 Å². The van der Waals surface area contributed by atoms with Crippen molar-refractivity contribution in [2.45, 2.75) is 6.61 Å². The number of hydrogen-bond donors (Lipinski definition) is 2. The average molecular weight is 290 g/mol. The van der Waals surface area contributed by atoms with Gasteiger partial charge in [-0.2, -0.15) is 0 Å². The minimum atomic E-state index is -0.292. The minimum absolute atomic E-state index is 0.0154. The molecular formula is C15H15FN2O3. The normalized spacial score (nSPS) is 11.2. The molecule has 0 aliphatic rings. The summed E-state index contributed by atoms with van der Waals surface area (Å²) in [6.45, 7) is 0.277. The fraction of sp³-hybridized carbons (Fsp3) is 0.133. The molecular weight excluding hydrogens is 275 g/mol. The van der Waals surface area contributed by atoms with Gasteiger partial charge in [-0.05, 0) is 35.9 Å². The molecule has 0 aliphatic carbocycles. The van der Waals surface area contributed by atoms with Gasteiger partial charge >= 0.3 is 0 Å². The van der Waals surface area contributed by atoms with Crippen LogP contribution in [0.15, 0.2) is 47.6 Å². The lowest BCUT2D eigenvalue weighted by Gasteiger charge is -2.12. The monoisotopic (exact) mass is 290 g/mol. The lowest BCUT2D eigenvalue weighted by atomic mass is 10.2. The highest BCUT2D eigenvalue weighted by atomic mass is 19.1. The van der Waals surface area contributed by atoms with Gasteiger partial charge < -0.3 is 20.4 Å². The van der Waals surface area contributed by atoms with E-state index in [1.165, 1.54) is 19.2 Å². The molecule has 2 rings (SSSR count). The Labute approximate surface area is 121 Å². The smallest absolute Gasteiger partial charge is 0.170 e. The fourth-order valence-electron chi connectivity index (χ4n) is 1.75. The van der Waals surface area contributed by atoms with E-state index in [1.807, 2.05) is 0 Å². The first-order valence-electron chi connectivity index (χ1n) is 6.17. The quantitative estimate of drug-likeness (QED) is 0.384. The number of oxime groups is 1. The number of hydrogen-bond acceptors (Lipinski definition) is 4. The van der Waals surface area contributed by atoms with Crippen molar-refractivity contribution in [2.75, 3.05) is 7.11 Å². The maximum atomic E-state index is 12.8. The molecule has 0 radical (unpaired) electrons. The Morgan fingerprint density at radius 2 is 1.90 bits per heavy atom. The molecule has 110 valence electrons. The number of ether oxygens (including phenoxy) is 2. The number of halogens is 1. The number of amidine groups is 1. The molecule has 0 aromatic heterocycles. The Bertz CT molecular complexity index is 642. The molecule has 0 bridgehead atoms. The third-order valence-electron chi connectivity index (χ3n) is 2.87. The van der Waals surface area contributed by atoms with Crippen LogP contribution in [0.2, 0.25) is 0 Å². The molecule has 2 aromatic rings. The summed E-state index contributed by atoms with van der Waals surface area (Å²) >= 11 is 0. The van der Waals surface area contributed by atoms with E-state index < -0.39 is 0 Å². The first-order chi connectivity index (χ1) is 10.1. The number of nitrogens with zero attached hydrogens (tertiary/aromatic N) is 1. The van der Waals surface area contributed by atoms with Gasteiger partial charge in [-0.3, -0.25) is 0 Å². The summed E-state index contributed by atoms with van der Waals surface area (Å²) in [4.78, 5) is 0. The highest BCUT2D eigenvalue weighted by molar-refractivity contribution is 5.97. The number of methoxy groups -OCH3 is 1. The van der Waals surface area contributed by atoms with Crippen LogP contribution >= 0.6 is 0 Å². The summed E-state index contributed by atoms with van der Waals surface area (Å²) in [6.07, 6.45) is 0. The van der Waals surface area contributed by atoms with Gasteiger partial charge in [0, 0.05) is 5.56 Å². The lowest BCUT2D eigenvalue weighted by Crippen LogP contribution is -2.13. The van der Waals surface area contributed by atoms with Crippen LogP contribution in [0.5, 0.6) is 11.5 Å². The highest BCUT2D eigenvalue weighted by Gasteiger charge is 2.08. The van der Waals surface area contributed by atoms with E-state index in [0.29, 0.717) is 17.1 Å². The molecule has 2 aromatic carbocycles. The summed E-state index contributed by atoms with van der Waals surface area (Å²) in [7, 11) is 1.50. The van der Waals surface area contributed by atoms with Crippen molar-refractivity contribution in [1.29, 1.82) is 0 Å². The van der Waals surface area contributed by atoms with Crippen LogP contribution in [-0.4, -0.2) is 18.2 Å². The molecule has 0 unspecified atom stereocenters. The SMILES string of the molecule is COc1cc(/C(N)=N/O)ccc1OCc1ccc(F)cc1. The Kier molecular flexibility index (Phi) is 4.61. The van der Waals surface area contributed by atoms with E-state index in [0.717, 1.165) is 5.56 Å². The second kappa shape index (κ2) is 6.60. The lowest BCUT2D eigenvalue weighted by molar-refractivity contribution is 0.284. The zero-order chi connectivity index (χ0) is 15.2. The summed E-state index contributed by atoms with van der Waals surface area (Å²) in [5.41, 5.74) is 6.86. The van der Waals surface area contributed by atoms with Crippen molar-refractivity contribution in [3.63, 3.8) is 0 Å². The van der Waals surface area contributed by atoms with E-state index in [2.05, 4.69) is 5.16 Å². The Morgan fingerprint density at radius 1 is 1.19 bits per heavy atom. The summed E-state index contributed by atoms with van der Waals surface area (Å²) in [6, 6.07) is 11.0. The van der Waals surface area contributed by atoms with Crippen molar-refractivity contribution >= 4 is 5.84 Å². The number of benzene rings is 2. The van der Waals surface area contributed by atoms with Crippen LogP contribution in [0, 0.1) is 5.82 Å². The molecule has 0 fully saturated rings. The minimum Gasteiger partial charge on any atom is -0.493 e. The predicted octanol–water partition coefficient (Wildman–Crippen LogP) is 2.51. The van der Waals surface area contributed by atoms with Crippen LogP contribution in [0.1, 0.15) is 11.1 Å². The van der Waals surface area contributed by atoms with Gasteiger partial charge in [0.15, 0.2) is 17.3 Å². The van der Waals surface area contributed by atoms with Gasteiger partial charge in [0.25, 0.3) is 0 Å². The zero-order valence-electron chi connectivity index (χ0n) is 11.4. The van der Waals surface area contributed by atoms with E-state index in [9.17, 15) is 4.39 Å². The second-order valence-corrected chi connectivity index (χ2v) is 4.27. The molecule has 5 nitrogen and oxygen atoms in total. The molecule has 0 amide bonds. The molecule has 0 spiro atoms. The fourth-order valence-corrected chi connectivity index (χ4v) is 1.75. The van der Waals surface area contributed by atoms with E-state index in [4.69, 9.17) is 20.4 Å². The van der Waals surface area contributed by atoms with E-state index in [-0.39, 0.29) is 18.3 Å². The van der Waals surface area contributed by atoms with Crippen molar-refractivity contribution in [3.05, 3.63) is 59.4 Å².